The van der Waals surface area contributed by atoms with Crippen LogP contribution < -0.4 is 15.0 Å². The molecule has 1 fully saturated rings. The van der Waals surface area contributed by atoms with E-state index in [2.05, 4.69) is 16.3 Å². The number of hydrogen-bond donors (Lipinski definition) is 1. The Kier molecular flexibility index (Phi) is 3.60. The van der Waals surface area contributed by atoms with Crippen molar-refractivity contribution in [2.24, 2.45) is 0 Å². The number of piperazine rings is 1. The van der Waals surface area contributed by atoms with Crippen molar-refractivity contribution in [3.63, 3.8) is 0 Å². The molecule has 20 heavy (non-hydrogen) atoms. The van der Waals surface area contributed by atoms with Gasteiger partial charge in [0.15, 0.2) is 0 Å². The monoisotopic (exact) mass is 274 g/mol. The summed E-state index contributed by atoms with van der Waals surface area (Å²) in [5.74, 6) is 0.00569. The molecule has 3 rings (SSSR count). The van der Waals surface area contributed by atoms with Crippen LogP contribution in [0.3, 0.4) is 0 Å². The number of carbonyl (C=O) groups excluding carboxylic acids is 1. The highest BCUT2D eigenvalue weighted by atomic mass is 16.6. The number of nitrogens with one attached hydrogen (secondary N) is 1. The number of hydrogen-bond acceptors (Lipinski definition) is 5. The normalized spacial score (nSPS) is 15.6. The molecule has 0 aliphatic carbocycles. The highest BCUT2D eigenvalue weighted by molar-refractivity contribution is 5.91. The molecule has 1 aliphatic heterocycles. The molecule has 5 nitrogen and oxygen atoms in total. The summed E-state index contributed by atoms with van der Waals surface area (Å²) < 4.78 is 10.5. The van der Waals surface area contributed by atoms with Crippen molar-refractivity contribution < 1.29 is 13.9 Å². The lowest BCUT2D eigenvalue weighted by Crippen LogP contribution is -2.43. The molecule has 0 saturated carbocycles. The molecule has 2 heterocycles. The van der Waals surface area contributed by atoms with Crippen LogP contribution >= 0.6 is 0 Å². The molecule has 0 spiro atoms. The van der Waals surface area contributed by atoms with Crippen molar-refractivity contribution >= 4 is 22.4 Å². The van der Waals surface area contributed by atoms with E-state index >= 15 is 0 Å². The van der Waals surface area contributed by atoms with E-state index < -0.39 is 0 Å². The minimum absolute atomic E-state index is 0.285. The number of anilines is 1. The average Bonchev–Trinajstić information content (AvgIpc) is 2.90. The largest absolute Gasteiger partial charge is 0.433 e. The predicted octanol–water partition coefficient (Wildman–Crippen LogP) is 2.16. The summed E-state index contributed by atoms with van der Waals surface area (Å²) in [6, 6.07) is 6.08. The van der Waals surface area contributed by atoms with Gasteiger partial charge < -0.3 is 19.4 Å². The summed E-state index contributed by atoms with van der Waals surface area (Å²) in [4.78, 5) is 13.7. The van der Waals surface area contributed by atoms with Gasteiger partial charge in [-0.3, -0.25) is 4.79 Å². The second-order valence-electron chi connectivity index (χ2n) is 4.86. The van der Waals surface area contributed by atoms with Gasteiger partial charge in [0.1, 0.15) is 6.26 Å². The first-order chi connectivity index (χ1) is 9.78. The third-order valence-corrected chi connectivity index (χ3v) is 3.53. The molecule has 0 atom stereocenters. The van der Waals surface area contributed by atoms with Gasteiger partial charge in [0.05, 0.1) is 5.39 Å². The van der Waals surface area contributed by atoms with Crippen molar-refractivity contribution in [3.8, 4) is 5.95 Å². The summed E-state index contributed by atoms with van der Waals surface area (Å²) in [6.45, 7) is 5.77. The van der Waals surface area contributed by atoms with Gasteiger partial charge in [-0.1, -0.05) is 6.92 Å². The lowest BCUT2D eigenvalue weighted by atomic mass is 10.2. The van der Waals surface area contributed by atoms with Gasteiger partial charge in [-0.2, -0.15) is 0 Å². The Bertz CT molecular complexity index is 615. The number of fused-ring (bicyclic) bond motifs is 1. The van der Waals surface area contributed by atoms with Crippen molar-refractivity contribution in [1.29, 1.82) is 0 Å². The van der Waals surface area contributed by atoms with E-state index in [1.165, 1.54) is 5.69 Å². The number of ether oxygens (including phenoxy) is 1. The summed E-state index contributed by atoms with van der Waals surface area (Å²) in [5.41, 5.74) is 1.17. The van der Waals surface area contributed by atoms with Gasteiger partial charge in [-0.25, -0.2) is 0 Å². The number of rotatable bonds is 3. The minimum Gasteiger partial charge on any atom is -0.433 e. The molecular weight excluding hydrogens is 256 g/mol. The highest BCUT2D eigenvalue weighted by Crippen LogP contribution is 2.31. The van der Waals surface area contributed by atoms with Crippen LogP contribution in [0.15, 0.2) is 28.9 Å². The van der Waals surface area contributed by atoms with Gasteiger partial charge in [0.25, 0.3) is 5.95 Å². The zero-order valence-corrected chi connectivity index (χ0v) is 11.5. The Morgan fingerprint density at radius 3 is 2.95 bits per heavy atom. The van der Waals surface area contributed by atoms with Gasteiger partial charge in [-0.05, 0) is 18.2 Å². The van der Waals surface area contributed by atoms with E-state index in [4.69, 9.17) is 9.15 Å². The summed E-state index contributed by atoms with van der Waals surface area (Å²) in [5, 5.41) is 5.13. The van der Waals surface area contributed by atoms with E-state index in [0.29, 0.717) is 12.4 Å². The summed E-state index contributed by atoms with van der Waals surface area (Å²) in [6.07, 6.45) is 1.97. The van der Waals surface area contributed by atoms with E-state index in [0.717, 1.165) is 37.0 Å². The van der Waals surface area contributed by atoms with Crippen molar-refractivity contribution in [3.05, 3.63) is 24.5 Å². The van der Waals surface area contributed by atoms with Crippen molar-refractivity contribution in [2.75, 3.05) is 31.1 Å². The molecule has 1 aromatic carbocycles. The number of esters is 1. The first kappa shape index (κ1) is 13.0. The predicted molar refractivity (Wildman–Crippen MR) is 77.2 cm³/mol. The van der Waals surface area contributed by atoms with E-state index in [1.54, 1.807) is 13.2 Å². The van der Waals surface area contributed by atoms with Crippen LogP contribution in [0.4, 0.5) is 5.69 Å². The topological polar surface area (TPSA) is 54.7 Å². The maximum atomic E-state index is 11.3. The second-order valence-corrected chi connectivity index (χ2v) is 4.86. The number of carbonyl (C=O) groups is 1. The van der Waals surface area contributed by atoms with Crippen LogP contribution in [0.1, 0.15) is 13.3 Å². The Morgan fingerprint density at radius 2 is 2.20 bits per heavy atom. The van der Waals surface area contributed by atoms with Crippen LogP contribution in [0.5, 0.6) is 5.95 Å². The molecule has 1 saturated heterocycles. The highest BCUT2D eigenvalue weighted by Gasteiger charge is 2.14. The Morgan fingerprint density at radius 1 is 1.40 bits per heavy atom. The molecular formula is C15H18N2O3. The Hall–Kier alpha value is -2.01. The number of furan rings is 1. The first-order valence-electron chi connectivity index (χ1n) is 6.95. The Balaban J connectivity index is 1.87. The molecule has 1 N–H and O–H groups in total. The molecule has 5 heteroatoms. The maximum Gasteiger partial charge on any atom is 0.313 e. The molecule has 0 unspecified atom stereocenters. The third-order valence-electron chi connectivity index (χ3n) is 3.53. The first-order valence-corrected chi connectivity index (χ1v) is 6.95. The van der Waals surface area contributed by atoms with Crippen LogP contribution in [0, 0.1) is 0 Å². The number of nitrogens with zero attached hydrogens (tertiary/aromatic N) is 1. The van der Waals surface area contributed by atoms with E-state index in [9.17, 15) is 4.79 Å². The maximum absolute atomic E-state index is 11.3. The van der Waals surface area contributed by atoms with Crippen LogP contribution in [0.2, 0.25) is 0 Å². The molecule has 1 aliphatic rings. The molecule has 0 amide bonds. The standard InChI is InChI=1S/C15H18N2O3/c1-2-14(18)20-15-13-4-3-12(9-11(13)10-19-15)17-7-5-16-6-8-17/h3-4,9-10,16H,2,5-8H2,1H3. The van der Waals surface area contributed by atoms with Crippen molar-refractivity contribution in [1.82, 2.24) is 5.32 Å². The number of benzene rings is 1. The summed E-state index contributed by atoms with van der Waals surface area (Å²) >= 11 is 0. The molecule has 2 aromatic rings. The van der Waals surface area contributed by atoms with Crippen LogP contribution in [-0.2, 0) is 4.79 Å². The SMILES string of the molecule is CCC(=O)Oc1occ2cc(N3CCNCC3)ccc12. The second kappa shape index (κ2) is 5.54. The van der Waals surface area contributed by atoms with E-state index in [1.807, 2.05) is 12.1 Å². The van der Waals surface area contributed by atoms with E-state index in [-0.39, 0.29) is 5.97 Å². The van der Waals surface area contributed by atoms with Gasteiger partial charge in [0, 0.05) is 43.7 Å². The zero-order valence-electron chi connectivity index (χ0n) is 11.5. The molecule has 106 valence electrons. The molecule has 1 aromatic heterocycles. The van der Waals surface area contributed by atoms with Crippen LogP contribution in [-0.4, -0.2) is 32.1 Å². The van der Waals surface area contributed by atoms with Crippen molar-refractivity contribution in [2.45, 2.75) is 13.3 Å². The quantitative estimate of drug-likeness (QED) is 0.869. The minimum atomic E-state index is -0.285. The van der Waals surface area contributed by atoms with Gasteiger partial charge in [0.2, 0.25) is 0 Å². The fraction of sp³-hybridized carbons (Fsp3) is 0.400. The lowest BCUT2D eigenvalue weighted by Gasteiger charge is -2.29. The van der Waals surface area contributed by atoms with Gasteiger partial charge >= 0.3 is 5.97 Å². The zero-order chi connectivity index (χ0) is 13.9. The third kappa shape index (κ3) is 2.49. The average molecular weight is 274 g/mol. The smallest absolute Gasteiger partial charge is 0.313 e. The summed E-state index contributed by atoms with van der Waals surface area (Å²) in [7, 11) is 0. The van der Waals surface area contributed by atoms with Crippen LogP contribution in [0.25, 0.3) is 10.8 Å². The fourth-order valence-electron chi connectivity index (χ4n) is 2.39. The Labute approximate surface area is 117 Å². The fourth-order valence-corrected chi connectivity index (χ4v) is 2.39. The lowest BCUT2D eigenvalue weighted by molar-refractivity contribution is -0.135. The molecule has 0 radical (unpaired) electrons. The molecule has 0 bridgehead atoms. The van der Waals surface area contributed by atoms with Gasteiger partial charge in [-0.15, -0.1) is 0 Å².